The van der Waals surface area contributed by atoms with E-state index in [1.807, 2.05) is 19.2 Å². The molecule has 1 aromatic carbocycles. The summed E-state index contributed by atoms with van der Waals surface area (Å²) >= 11 is 5.96. The highest BCUT2D eigenvalue weighted by Crippen LogP contribution is 2.26. The van der Waals surface area contributed by atoms with Gasteiger partial charge >= 0.3 is 0 Å². The number of nitrogens with zero attached hydrogens (tertiary/aromatic N) is 2. The van der Waals surface area contributed by atoms with Gasteiger partial charge in [-0.1, -0.05) is 31.5 Å². The van der Waals surface area contributed by atoms with Crippen LogP contribution in [0.15, 0.2) is 18.2 Å². The molecule has 0 aliphatic heterocycles. The zero-order chi connectivity index (χ0) is 11.4. The van der Waals surface area contributed by atoms with Crippen LogP contribution in [0.2, 0.25) is 5.02 Å². The monoisotopic (exact) mass is 222 g/mol. The van der Waals surface area contributed by atoms with Gasteiger partial charge in [-0.3, -0.25) is 0 Å². The standard InChI is InChI=1S/C12H15ClN2/c1-9(2)8-15(3)12-6-4-5-11(13)10(12)7-14/h4-6,9H,8H2,1-3H3. The van der Waals surface area contributed by atoms with E-state index in [0.717, 1.165) is 12.2 Å². The van der Waals surface area contributed by atoms with Crippen molar-refractivity contribution in [2.24, 2.45) is 5.92 Å². The van der Waals surface area contributed by atoms with Crippen molar-refractivity contribution in [3.8, 4) is 6.07 Å². The first kappa shape index (κ1) is 11.9. The number of hydrogen-bond donors (Lipinski definition) is 0. The van der Waals surface area contributed by atoms with Crippen LogP contribution in [0.3, 0.4) is 0 Å². The maximum Gasteiger partial charge on any atom is 0.103 e. The summed E-state index contributed by atoms with van der Waals surface area (Å²) in [5.41, 5.74) is 1.46. The third-order valence-electron chi connectivity index (χ3n) is 2.15. The molecule has 0 bridgehead atoms. The van der Waals surface area contributed by atoms with Crippen LogP contribution in [0.5, 0.6) is 0 Å². The summed E-state index contributed by atoms with van der Waals surface area (Å²) in [5.74, 6) is 0.556. The largest absolute Gasteiger partial charge is 0.373 e. The second-order valence-corrected chi connectivity index (χ2v) is 4.43. The minimum Gasteiger partial charge on any atom is -0.373 e. The molecule has 0 saturated carbocycles. The Hall–Kier alpha value is -1.20. The summed E-state index contributed by atoms with van der Waals surface area (Å²) in [4.78, 5) is 2.06. The van der Waals surface area contributed by atoms with E-state index < -0.39 is 0 Å². The number of halogens is 1. The average molecular weight is 223 g/mol. The van der Waals surface area contributed by atoms with Gasteiger partial charge in [0.2, 0.25) is 0 Å². The van der Waals surface area contributed by atoms with E-state index in [0.29, 0.717) is 16.5 Å². The molecule has 0 radical (unpaired) electrons. The zero-order valence-electron chi connectivity index (χ0n) is 9.29. The normalized spacial score (nSPS) is 10.1. The molecule has 0 unspecified atom stereocenters. The molecular weight excluding hydrogens is 208 g/mol. The van der Waals surface area contributed by atoms with Gasteiger partial charge in [0.1, 0.15) is 6.07 Å². The van der Waals surface area contributed by atoms with E-state index >= 15 is 0 Å². The third kappa shape index (κ3) is 2.87. The summed E-state index contributed by atoms with van der Waals surface area (Å²) in [7, 11) is 1.98. The van der Waals surface area contributed by atoms with Crippen LogP contribution >= 0.6 is 11.6 Å². The molecular formula is C12H15ClN2. The lowest BCUT2D eigenvalue weighted by atomic mass is 10.1. The van der Waals surface area contributed by atoms with Crippen molar-refractivity contribution in [3.63, 3.8) is 0 Å². The fraction of sp³-hybridized carbons (Fsp3) is 0.417. The maximum absolute atomic E-state index is 9.02. The Morgan fingerprint density at radius 2 is 2.13 bits per heavy atom. The lowest BCUT2D eigenvalue weighted by Gasteiger charge is -2.22. The Bertz CT molecular complexity index is 380. The van der Waals surface area contributed by atoms with E-state index in [2.05, 4.69) is 24.8 Å². The van der Waals surface area contributed by atoms with Crippen molar-refractivity contribution in [1.82, 2.24) is 0 Å². The number of anilines is 1. The minimum atomic E-state index is 0.519. The third-order valence-corrected chi connectivity index (χ3v) is 2.47. The van der Waals surface area contributed by atoms with Crippen molar-refractivity contribution < 1.29 is 0 Å². The fourth-order valence-electron chi connectivity index (χ4n) is 1.59. The van der Waals surface area contributed by atoms with Crippen LogP contribution in [0.1, 0.15) is 19.4 Å². The topological polar surface area (TPSA) is 27.0 Å². The van der Waals surface area contributed by atoms with Gasteiger partial charge in [0.05, 0.1) is 16.3 Å². The highest BCUT2D eigenvalue weighted by molar-refractivity contribution is 6.32. The predicted octanol–water partition coefficient (Wildman–Crippen LogP) is 3.30. The van der Waals surface area contributed by atoms with Crippen LogP contribution < -0.4 is 4.90 Å². The Balaban J connectivity index is 3.04. The highest BCUT2D eigenvalue weighted by atomic mass is 35.5. The molecule has 0 aliphatic carbocycles. The first-order valence-corrected chi connectivity index (χ1v) is 5.33. The molecule has 0 fully saturated rings. The summed E-state index contributed by atoms with van der Waals surface area (Å²) in [5, 5.41) is 9.54. The lowest BCUT2D eigenvalue weighted by molar-refractivity contribution is 0.638. The Kier molecular flexibility index (Phi) is 3.99. The van der Waals surface area contributed by atoms with E-state index in [-0.39, 0.29) is 0 Å². The van der Waals surface area contributed by atoms with Gasteiger partial charge in [0.15, 0.2) is 0 Å². The number of benzene rings is 1. The Morgan fingerprint density at radius 3 is 2.67 bits per heavy atom. The summed E-state index contributed by atoms with van der Waals surface area (Å²) in [6, 6.07) is 7.68. The second kappa shape index (κ2) is 5.04. The maximum atomic E-state index is 9.02. The van der Waals surface area contributed by atoms with Crippen LogP contribution in [0.4, 0.5) is 5.69 Å². The van der Waals surface area contributed by atoms with Crippen LogP contribution in [-0.2, 0) is 0 Å². The minimum absolute atomic E-state index is 0.519. The van der Waals surface area contributed by atoms with E-state index in [4.69, 9.17) is 16.9 Å². The molecule has 0 amide bonds. The molecule has 0 aliphatic rings. The number of nitriles is 1. The predicted molar refractivity (Wildman–Crippen MR) is 64.3 cm³/mol. The lowest BCUT2D eigenvalue weighted by Crippen LogP contribution is -2.23. The molecule has 0 aromatic heterocycles. The quantitative estimate of drug-likeness (QED) is 0.785. The summed E-state index contributed by atoms with van der Waals surface area (Å²) < 4.78 is 0. The van der Waals surface area contributed by atoms with E-state index in [1.54, 1.807) is 6.07 Å². The molecule has 0 heterocycles. The zero-order valence-corrected chi connectivity index (χ0v) is 10.0. The van der Waals surface area contributed by atoms with Crippen molar-refractivity contribution in [2.75, 3.05) is 18.5 Å². The number of hydrogen-bond acceptors (Lipinski definition) is 2. The van der Waals surface area contributed by atoms with Gasteiger partial charge in [-0.2, -0.15) is 5.26 Å². The highest BCUT2D eigenvalue weighted by Gasteiger charge is 2.10. The Morgan fingerprint density at radius 1 is 1.47 bits per heavy atom. The van der Waals surface area contributed by atoms with E-state index in [1.165, 1.54) is 0 Å². The van der Waals surface area contributed by atoms with Crippen molar-refractivity contribution >= 4 is 17.3 Å². The molecule has 1 aromatic rings. The van der Waals surface area contributed by atoms with Gasteiger partial charge in [-0.15, -0.1) is 0 Å². The first-order chi connectivity index (χ1) is 7.06. The molecule has 2 nitrogen and oxygen atoms in total. The summed E-state index contributed by atoms with van der Waals surface area (Å²) in [6.07, 6.45) is 0. The molecule has 0 atom stereocenters. The fourth-order valence-corrected chi connectivity index (χ4v) is 1.80. The molecule has 0 saturated heterocycles. The van der Waals surface area contributed by atoms with E-state index in [9.17, 15) is 0 Å². The molecule has 0 N–H and O–H groups in total. The van der Waals surface area contributed by atoms with Gasteiger partial charge in [-0.25, -0.2) is 0 Å². The molecule has 15 heavy (non-hydrogen) atoms. The second-order valence-electron chi connectivity index (χ2n) is 4.02. The number of rotatable bonds is 3. The van der Waals surface area contributed by atoms with Gasteiger partial charge in [-0.05, 0) is 18.1 Å². The SMILES string of the molecule is CC(C)CN(C)c1cccc(Cl)c1C#N. The van der Waals surface area contributed by atoms with Gasteiger partial charge < -0.3 is 4.90 Å². The molecule has 3 heteroatoms. The molecule has 80 valence electrons. The van der Waals surface area contributed by atoms with Crippen LogP contribution in [0, 0.1) is 17.2 Å². The van der Waals surface area contributed by atoms with Crippen LogP contribution in [0.25, 0.3) is 0 Å². The first-order valence-electron chi connectivity index (χ1n) is 4.96. The van der Waals surface area contributed by atoms with Crippen molar-refractivity contribution in [3.05, 3.63) is 28.8 Å². The molecule has 1 rings (SSSR count). The van der Waals surface area contributed by atoms with Crippen molar-refractivity contribution in [2.45, 2.75) is 13.8 Å². The molecule has 0 spiro atoms. The van der Waals surface area contributed by atoms with Gasteiger partial charge in [0, 0.05) is 13.6 Å². The summed E-state index contributed by atoms with van der Waals surface area (Å²) in [6.45, 7) is 5.20. The van der Waals surface area contributed by atoms with Gasteiger partial charge in [0.25, 0.3) is 0 Å². The average Bonchev–Trinajstić information content (AvgIpc) is 2.16. The smallest absolute Gasteiger partial charge is 0.103 e. The Labute approximate surface area is 96.1 Å². The van der Waals surface area contributed by atoms with Crippen LogP contribution in [-0.4, -0.2) is 13.6 Å². The van der Waals surface area contributed by atoms with Crippen molar-refractivity contribution in [1.29, 1.82) is 5.26 Å².